The molecule has 1 fully saturated rings. The molecule has 1 saturated heterocycles. The van der Waals surface area contributed by atoms with Gasteiger partial charge >= 0.3 is 5.69 Å². The van der Waals surface area contributed by atoms with E-state index in [0.29, 0.717) is 5.82 Å². The van der Waals surface area contributed by atoms with E-state index in [9.17, 15) is 15.0 Å². The van der Waals surface area contributed by atoms with Crippen molar-refractivity contribution < 1.29 is 20.1 Å². The number of aromatic nitrogens is 2. The first-order chi connectivity index (χ1) is 8.58. The molecule has 1 aromatic heterocycles. The molecule has 4 atom stereocenters. The number of anilines is 1. The van der Waals surface area contributed by atoms with Crippen LogP contribution in [0.1, 0.15) is 6.23 Å². The zero-order valence-corrected chi connectivity index (χ0v) is 9.72. The van der Waals surface area contributed by atoms with Gasteiger partial charge in [-0.15, -0.1) is 0 Å². The van der Waals surface area contributed by atoms with Gasteiger partial charge in [0.1, 0.15) is 24.1 Å². The lowest BCUT2D eigenvalue weighted by Crippen LogP contribution is -2.36. The van der Waals surface area contributed by atoms with Gasteiger partial charge in [-0.05, 0) is 6.07 Å². The molecule has 2 rings (SSSR count). The van der Waals surface area contributed by atoms with Crippen molar-refractivity contribution in [3.63, 3.8) is 0 Å². The van der Waals surface area contributed by atoms with E-state index in [4.69, 9.17) is 9.84 Å². The van der Waals surface area contributed by atoms with E-state index in [2.05, 4.69) is 10.3 Å². The molecule has 1 aromatic rings. The van der Waals surface area contributed by atoms with Crippen LogP contribution in [0.2, 0.25) is 0 Å². The molecule has 0 aliphatic carbocycles. The number of aliphatic hydroxyl groups excluding tert-OH is 3. The van der Waals surface area contributed by atoms with E-state index < -0.39 is 36.8 Å². The summed E-state index contributed by atoms with van der Waals surface area (Å²) in [7, 11) is 1.62. The van der Waals surface area contributed by atoms with Crippen LogP contribution >= 0.6 is 0 Å². The molecule has 0 amide bonds. The lowest BCUT2D eigenvalue weighted by atomic mass is 10.1. The number of nitrogens with one attached hydrogen (secondary N) is 1. The summed E-state index contributed by atoms with van der Waals surface area (Å²) in [6, 6.07) is 1.54. The summed E-state index contributed by atoms with van der Waals surface area (Å²) >= 11 is 0. The van der Waals surface area contributed by atoms with Gasteiger partial charge in [0.15, 0.2) is 6.23 Å². The summed E-state index contributed by atoms with van der Waals surface area (Å²) < 4.78 is 6.30. The SMILES string of the molecule is CNc1ccn([C@@H]2O[C@H](CO)[C@@H](O)[C@@H]2O)c(=O)n1. The summed E-state index contributed by atoms with van der Waals surface area (Å²) in [5, 5.41) is 31.0. The van der Waals surface area contributed by atoms with Gasteiger partial charge in [0.25, 0.3) is 0 Å². The smallest absolute Gasteiger partial charge is 0.351 e. The third-order valence-corrected chi connectivity index (χ3v) is 2.88. The Morgan fingerprint density at radius 3 is 2.72 bits per heavy atom. The summed E-state index contributed by atoms with van der Waals surface area (Å²) in [6.45, 7) is -0.439. The summed E-state index contributed by atoms with van der Waals surface area (Å²) in [4.78, 5) is 15.4. The number of nitrogens with zero attached hydrogens (tertiary/aromatic N) is 2. The lowest BCUT2D eigenvalue weighted by Gasteiger charge is -2.17. The van der Waals surface area contributed by atoms with Gasteiger partial charge in [-0.1, -0.05) is 0 Å². The highest BCUT2D eigenvalue weighted by molar-refractivity contribution is 5.30. The fourth-order valence-electron chi connectivity index (χ4n) is 1.86. The zero-order chi connectivity index (χ0) is 13.3. The van der Waals surface area contributed by atoms with Crippen LogP contribution in [-0.4, -0.2) is 56.8 Å². The van der Waals surface area contributed by atoms with E-state index in [1.54, 1.807) is 7.05 Å². The molecule has 100 valence electrons. The summed E-state index contributed by atoms with van der Waals surface area (Å²) in [6.07, 6.45) is -3.09. The maximum atomic E-state index is 11.7. The largest absolute Gasteiger partial charge is 0.394 e. The van der Waals surface area contributed by atoms with Crippen molar-refractivity contribution in [2.75, 3.05) is 19.0 Å². The first-order valence-electron chi connectivity index (χ1n) is 5.48. The lowest BCUT2D eigenvalue weighted by molar-refractivity contribution is -0.0549. The van der Waals surface area contributed by atoms with Crippen LogP contribution in [0, 0.1) is 0 Å². The highest BCUT2D eigenvalue weighted by atomic mass is 16.6. The van der Waals surface area contributed by atoms with Gasteiger partial charge in [0.05, 0.1) is 6.61 Å². The first kappa shape index (κ1) is 13.0. The minimum atomic E-state index is -1.29. The fraction of sp³-hybridized carbons (Fsp3) is 0.600. The Kier molecular flexibility index (Phi) is 3.62. The number of ether oxygens (including phenoxy) is 1. The van der Waals surface area contributed by atoms with E-state index >= 15 is 0 Å². The fourth-order valence-corrected chi connectivity index (χ4v) is 1.86. The third-order valence-electron chi connectivity index (χ3n) is 2.88. The molecule has 4 N–H and O–H groups in total. The Hall–Kier alpha value is -1.48. The Morgan fingerprint density at radius 2 is 2.22 bits per heavy atom. The summed E-state index contributed by atoms with van der Waals surface area (Å²) in [5.41, 5.74) is -0.614. The second-order valence-corrected chi connectivity index (χ2v) is 3.98. The van der Waals surface area contributed by atoms with E-state index in [0.717, 1.165) is 4.57 Å². The molecule has 0 radical (unpaired) electrons. The van der Waals surface area contributed by atoms with Crippen molar-refractivity contribution in [3.05, 3.63) is 22.7 Å². The van der Waals surface area contributed by atoms with E-state index in [1.807, 2.05) is 0 Å². The van der Waals surface area contributed by atoms with Crippen LogP contribution in [0.15, 0.2) is 17.1 Å². The second-order valence-electron chi connectivity index (χ2n) is 3.98. The van der Waals surface area contributed by atoms with Gasteiger partial charge in [-0.3, -0.25) is 4.57 Å². The number of aliphatic hydroxyl groups is 3. The van der Waals surface area contributed by atoms with Crippen molar-refractivity contribution >= 4 is 5.82 Å². The van der Waals surface area contributed by atoms with Gasteiger partial charge in [0, 0.05) is 13.2 Å². The highest BCUT2D eigenvalue weighted by Gasteiger charge is 2.43. The molecule has 0 bridgehead atoms. The van der Waals surface area contributed by atoms with Crippen LogP contribution in [0.25, 0.3) is 0 Å². The van der Waals surface area contributed by atoms with Crippen molar-refractivity contribution in [3.8, 4) is 0 Å². The maximum absolute atomic E-state index is 11.7. The molecule has 18 heavy (non-hydrogen) atoms. The van der Waals surface area contributed by atoms with Crippen LogP contribution < -0.4 is 11.0 Å². The van der Waals surface area contributed by atoms with Gasteiger partial charge in [-0.25, -0.2) is 4.79 Å². The zero-order valence-electron chi connectivity index (χ0n) is 9.72. The predicted octanol–water partition coefficient (Wildman–Crippen LogP) is -2.10. The van der Waals surface area contributed by atoms with E-state index in [-0.39, 0.29) is 0 Å². The molecule has 0 spiro atoms. The summed E-state index contributed by atoms with van der Waals surface area (Å²) in [5.74, 6) is 0.392. The molecule has 0 unspecified atom stereocenters. The Labute approximate surface area is 102 Å². The minimum Gasteiger partial charge on any atom is -0.394 e. The number of hydrogen-bond acceptors (Lipinski definition) is 7. The number of rotatable bonds is 3. The van der Waals surface area contributed by atoms with Crippen LogP contribution in [0.5, 0.6) is 0 Å². The van der Waals surface area contributed by atoms with Gasteiger partial charge < -0.3 is 25.4 Å². The second kappa shape index (κ2) is 5.02. The Morgan fingerprint density at radius 1 is 1.50 bits per heavy atom. The quantitative estimate of drug-likeness (QED) is 0.490. The minimum absolute atomic E-state index is 0.392. The maximum Gasteiger partial charge on any atom is 0.351 e. The van der Waals surface area contributed by atoms with E-state index in [1.165, 1.54) is 12.3 Å². The van der Waals surface area contributed by atoms with Crippen molar-refractivity contribution in [2.24, 2.45) is 0 Å². The number of hydrogen-bond donors (Lipinski definition) is 4. The molecular formula is C10H15N3O5. The molecular weight excluding hydrogens is 242 g/mol. The van der Waals surface area contributed by atoms with Crippen LogP contribution in [-0.2, 0) is 4.74 Å². The van der Waals surface area contributed by atoms with Crippen molar-refractivity contribution in [1.29, 1.82) is 0 Å². The van der Waals surface area contributed by atoms with Gasteiger partial charge in [0.2, 0.25) is 0 Å². The molecule has 0 saturated carbocycles. The Bertz CT molecular complexity index is 477. The van der Waals surface area contributed by atoms with Crippen molar-refractivity contribution in [1.82, 2.24) is 9.55 Å². The Balaban J connectivity index is 2.30. The topological polar surface area (TPSA) is 117 Å². The molecule has 8 nitrogen and oxygen atoms in total. The average molecular weight is 257 g/mol. The van der Waals surface area contributed by atoms with Crippen LogP contribution in [0.4, 0.5) is 5.82 Å². The molecule has 1 aliphatic rings. The van der Waals surface area contributed by atoms with Gasteiger partial charge in [-0.2, -0.15) is 4.98 Å². The molecule has 1 aliphatic heterocycles. The predicted molar refractivity (Wildman–Crippen MR) is 61.1 cm³/mol. The molecule has 2 heterocycles. The highest BCUT2D eigenvalue weighted by Crippen LogP contribution is 2.27. The normalized spacial score (nSPS) is 31.6. The monoisotopic (exact) mass is 257 g/mol. The molecule has 0 aromatic carbocycles. The standard InChI is InChI=1S/C10H15N3O5/c1-11-6-2-3-13(10(17)12-6)9-8(16)7(15)5(4-14)18-9/h2-3,5,7-9,14-16H,4H2,1H3,(H,11,12,17)/t5-,7-,8+,9-/m1/s1. The third kappa shape index (κ3) is 2.10. The average Bonchev–Trinajstić information content (AvgIpc) is 2.66. The molecule has 8 heteroatoms. The first-order valence-corrected chi connectivity index (χ1v) is 5.48. The van der Waals surface area contributed by atoms with Crippen molar-refractivity contribution in [2.45, 2.75) is 24.5 Å². The van der Waals surface area contributed by atoms with Crippen LogP contribution in [0.3, 0.4) is 0 Å².